The summed E-state index contributed by atoms with van der Waals surface area (Å²) in [5, 5.41) is 11.8. The molecule has 1 fully saturated rings. The fraction of sp³-hybridized carbons (Fsp3) is 0.333. The van der Waals surface area contributed by atoms with Gasteiger partial charge in [-0.25, -0.2) is 4.98 Å². The first kappa shape index (κ1) is 18.0. The van der Waals surface area contributed by atoms with E-state index in [4.69, 9.17) is 9.68 Å². The molecule has 1 aliphatic heterocycles. The third kappa shape index (κ3) is 4.12. The van der Waals surface area contributed by atoms with Crippen LogP contribution in [0.15, 0.2) is 47.0 Å². The predicted octanol–water partition coefficient (Wildman–Crippen LogP) is 3.02. The molecule has 3 aromatic rings. The monoisotopic (exact) mass is 375 g/mol. The summed E-state index contributed by atoms with van der Waals surface area (Å²) in [5.41, 5.74) is 2.89. The lowest BCUT2D eigenvalue weighted by atomic mass is 9.94. The van der Waals surface area contributed by atoms with Crippen LogP contribution in [0.5, 0.6) is 0 Å². The number of aromatic nitrogens is 2. The summed E-state index contributed by atoms with van der Waals surface area (Å²) in [5.74, 6) is 0.299. The van der Waals surface area contributed by atoms with Gasteiger partial charge in [-0.2, -0.15) is 10.2 Å². The second kappa shape index (κ2) is 8.09. The van der Waals surface area contributed by atoms with Crippen LogP contribution in [0.4, 0.5) is 6.01 Å². The van der Waals surface area contributed by atoms with Crippen molar-refractivity contribution in [2.24, 2.45) is 5.92 Å². The van der Waals surface area contributed by atoms with Crippen molar-refractivity contribution in [1.82, 2.24) is 15.3 Å². The molecule has 1 unspecified atom stereocenters. The zero-order valence-corrected chi connectivity index (χ0v) is 15.5. The van der Waals surface area contributed by atoms with Gasteiger partial charge in [-0.3, -0.25) is 4.79 Å². The number of hydrogen-bond acceptors (Lipinski definition) is 6. The number of carbonyl (C=O) groups excluding carboxylic acids is 1. The van der Waals surface area contributed by atoms with Gasteiger partial charge in [0, 0.05) is 32.3 Å². The maximum absolute atomic E-state index is 12.4. The summed E-state index contributed by atoms with van der Waals surface area (Å²) < 4.78 is 5.81. The number of hydrogen-bond donors (Lipinski definition) is 1. The summed E-state index contributed by atoms with van der Waals surface area (Å²) in [6.07, 6.45) is 4.19. The first-order valence-corrected chi connectivity index (χ1v) is 9.43. The number of piperidine rings is 1. The van der Waals surface area contributed by atoms with Crippen molar-refractivity contribution in [2.45, 2.75) is 25.8 Å². The molecule has 7 nitrogen and oxygen atoms in total. The van der Waals surface area contributed by atoms with Crippen molar-refractivity contribution in [2.75, 3.05) is 18.0 Å². The third-order valence-electron chi connectivity index (χ3n) is 4.99. The SMILES string of the molecule is N#Cc1ccc(CNC(=O)CC2CCCN(c3nc4ncccc4o3)C2)cc1. The number of nitriles is 1. The zero-order valence-electron chi connectivity index (χ0n) is 15.5. The molecular weight excluding hydrogens is 354 g/mol. The number of anilines is 1. The standard InChI is InChI=1S/C21H21N5O2/c22-12-15-5-7-16(8-6-15)13-24-19(27)11-17-3-2-10-26(14-17)21-25-20-18(28-21)4-1-9-23-20/h1,4-9,17H,2-3,10-11,13-14H2,(H,24,27). The van der Waals surface area contributed by atoms with Gasteiger partial charge in [0.15, 0.2) is 5.58 Å². The Labute approximate surface area is 163 Å². The minimum atomic E-state index is 0.0374. The highest BCUT2D eigenvalue weighted by atomic mass is 16.4. The van der Waals surface area contributed by atoms with Crippen LogP contribution in [0.25, 0.3) is 11.2 Å². The molecule has 1 aliphatic rings. The molecular formula is C21H21N5O2. The normalized spacial score (nSPS) is 16.7. The van der Waals surface area contributed by atoms with Crippen LogP contribution in [0.3, 0.4) is 0 Å². The van der Waals surface area contributed by atoms with Gasteiger partial charge >= 0.3 is 0 Å². The van der Waals surface area contributed by atoms with E-state index in [1.54, 1.807) is 18.3 Å². The number of nitrogens with zero attached hydrogens (tertiary/aromatic N) is 4. The molecule has 1 amide bonds. The molecule has 4 rings (SSSR count). The number of carbonyl (C=O) groups is 1. The quantitative estimate of drug-likeness (QED) is 0.736. The van der Waals surface area contributed by atoms with Crippen molar-refractivity contribution < 1.29 is 9.21 Å². The minimum absolute atomic E-state index is 0.0374. The molecule has 2 aromatic heterocycles. The summed E-state index contributed by atoms with van der Waals surface area (Å²) in [6, 6.07) is 13.6. The first-order valence-electron chi connectivity index (χ1n) is 9.43. The van der Waals surface area contributed by atoms with Crippen molar-refractivity contribution in [1.29, 1.82) is 5.26 Å². The Morgan fingerprint density at radius 1 is 1.32 bits per heavy atom. The predicted molar refractivity (Wildman–Crippen MR) is 104 cm³/mol. The summed E-state index contributed by atoms with van der Waals surface area (Å²) >= 11 is 0. The van der Waals surface area contributed by atoms with E-state index in [-0.39, 0.29) is 11.8 Å². The molecule has 0 spiro atoms. The molecule has 0 aliphatic carbocycles. The maximum atomic E-state index is 12.4. The molecule has 1 atom stereocenters. The Morgan fingerprint density at radius 3 is 2.96 bits per heavy atom. The Bertz CT molecular complexity index is 973. The lowest BCUT2D eigenvalue weighted by molar-refractivity contribution is -0.122. The lowest BCUT2D eigenvalue weighted by Crippen LogP contribution is -2.38. The maximum Gasteiger partial charge on any atom is 0.299 e. The molecule has 3 heterocycles. The zero-order chi connectivity index (χ0) is 19.3. The summed E-state index contributed by atoms with van der Waals surface area (Å²) in [6.45, 7) is 2.09. The molecule has 0 radical (unpaired) electrons. The van der Waals surface area contributed by atoms with Gasteiger partial charge in [0.25, 0.3) is 6.01 Å². The second-order valence-corrected chi connectivity index (χ2v) is 7.07. The van der Waals surface area contributed by atoms with Gasteiger partial charge in [-0.1, -0.05) is 12.1 Å². The van der Waals surface area contributed by atoms with Crippen molar-refractivity contribution in [3.05, 3.63) is 53.7 Å². The van der Waals surface area contributed by atoms with Crippen LogP contribution >= 0.6 is 0 Å². The van der Waals surface area contributed by atoms with Gasteiger partial charge in [0.1, 0.15) is 0 Å². The largest absolute Gasteiger partial charge is 0.422 e. The molecule has 7 heteroatoms. The molecule has 1 saturated heterocycles. The van der Waals surface area contributed by atoms with Crippen LogP contribution in [0.1, 0.15) is 30.4 Å². The average molecular weight is 375 g/mol. The van der Waals surface area contributed by atoms with E-state index in [1.807, 2.05) is 24.3 Å². The van der Waals surface area contributed by atoms with E-state index >= 15 is 0 Å². The van der Waals surface area contributed by atoms with Gasteiger partial charge in [0.2, 0.25) is 11.6 Å². The van der Waals surface area contributed by atoms with Crippen LogP contribution in [0, 0.1) is 17.2 Å². The second-order valence-electron chi connectivity index (χ2n) is 7.07. The van der Waals surface area contributed by atoms with Crippen LogP contribution in [-0.2, 0) is 11.3 Å². The third-order valence-corrected chi connectivity index (χ3v) is 4.99. The highest BCUT2D eigenvalue weighted by Gasteiger charge is 2.25. The number of rotatable bonds is 5. The Balaban J connectivity index is 1.31. The van der Waals surface area contributed by atoms with Crippen molar-refractivity contribution >= 4 is 23.2 Å². The Morgan fingerprint density at radius 2 is 2.18 bits per heavy atom. The highest BCUT2D eigenvalue weighted by molar-refractivity contribution is 5.76. The molecule has 28 heavy (non-hydrogen) atoms. The lowest BCUT2D eigenvalue weighted by Gasteiger charge is -2.31. The summed E-state index contributed by atoms with van der Waals surface area (Å²) in [4.78, 5) is 23.1. The fourth-order valence-corrected chi connectivity index (χ4v) is 3.53. The Kier molecular flexibility index (Phi) is 5.20. The van der Waals surface area contributed by atoms with Crippen LogP contribution in [0.2, 0.25) is 0 Å². The number of benzene rings is 1. The number of amides is 1. The molecule has 142 valence electrons. The summed E-state index contributed by atoms with van der Waals surface area (Å²) in [7, 11) is 0. The van der Waals surface area contributed by atoms with E-state index in [0.29, 0.717) is 35.8 Å². The van der Waals surface area contributed by atoms with Crippen molar-refractivity contribution in [3.63, 3.8) is 0 Å². The Hall–Kier alpha value is -3.40. The van der Waals surface area contributed by atoms with Crippen LogP contribution < -0.4 is 10.2 Å². The number of nitrogens with one attached hydrogen (secondary N) is 1. The van der Waals surface area contributed by atoms with E-state index in [0.717, 1.165) is 31.5 Å². The van der Waals surface area contributed by atoms with Gasteiger partial charge in [0.05, 0.1) is 11.6 Å². The van der Waals surface area contributed by atoms with E-state index in [1.165, 1.54) is 0 Å². The molecule has 1 N–H and O–H groups in total. The highest BCUT2D eigenvalue weighted by Crippen LogP contribution is 2.26. The number of oxazole rings is 1. The fourth-order valence-electron chi connectivity index (χ4n) is 3.53. The van der Waals surface area contributed by atoms with Crippen molar-refractivity contribution in [3.8, 4) is 6.07 Å². The molecule has 0 bridgehead atoms. The van der Waals surface area contributed by atoms with Crippen LogP contribution in [-0.4, -0.2) is 29.0 Å². The number of fused-ring (bicyclic) bond motifs is 1. The molecule has 0 saturated carbocycles. The minimum Gasteiger partial charge on any atom is -0.422 e. The van der Waals surface area contributed by atoms with E-state index in [9.17, 15) is 4.79 Å². The van der Waals surface area contributed by atoms with E-state index in [2.05, 4.69) is 26.3 Å². The molecule has 1 aromatic carbocycles. The first-order chi connectivity index (χ1) is 13.7. The smallest absolute Gasteiger partial charge is 0.299 e. The number of pyridine rings is 1. The topological polar surface area (TPSA) is 95.1 Å². The van der Waals surface area contributed by atoms with Gasteiger partial charge < -0.3 is 14.6 Å². The van der Waals surface area contributed by atoms with E-state index < -0.39 is 0 Å². The van der Waals surface area contributed by atoms with Gasteiger partial charge in [-0.05, 0) is 48.6 Å². The average Bonchev–Trinajstić information content (AvgIpc) is 3.17. The van der Waals surface area contributed by atoms with Gasteiger partial charge in [-0.15, -0.1) is 0 Å².